The Morgan fingerprint density at radius 1 is 0.900 bits per heavy atom. The summed E-state index contributed by atoms with van der Waals surface area (Å²) in [5.41, 5.74) is 0.585. The van der Waals surface area contributed by atoms with E-state index in [1.165, 1.54) is 38.1 Å². The molecule has 1 unspecified atom stereocenters. The lowest BCUT2D eigenvalue weighted by Crippen LogP contribution is -2.62. The number of amides is 1. The Kier molecular flexibility index (Phi) is 12.4. The molecule has 0 aliphatic rings. The number of carboxylic acid groups (broad SMARTS) is 1. The first-order valence-corrected chi connectivity index (χ1v) is 11.6. The first kappa shape index (κ1) is 35.1. The number of nitrogens with zero attached hydrogens (tertiary/aromatic N) is 1. The fraction of sp³-hybridized carbons (Fsp3) is 0.652. The van der Waals surface area contributed by atoms with Crippen molar-refractivity contribution in [1.29, 1.82) is 0 Å². The van der Waals surface area contributed by atoms with E-state index < -0.39 is 68.1 Å². The highest BCUT2D eigenvalue weighted by molar-refractivity contribution is 5.72. The molecule has 0 saturated heterocycles. The minimum absolute atomic E-state index is 0.0524. The van der Waals surface area contributed by atoms with Gasteiger partial charge in [0.1, 0.15) is 12.4 Å². The van der Waals surface area contributed by atoms with Gasteiger partial charge in [0, 0.05) is 19.6 Å². The van der Waals surface area contributed by atoms with Crippen molar-refractivity contribution in [3.8, 4) is 5.75 Å². The highest BCUT2D eigenvalue weighted by Crippen LogP contribution is 2.53. The van der Waals surface area contributed by atoms with Gasteiger partial charge < -0.3 is 29.0 Å². The van der Waals surface area contributed by atoms with Gasteiger partial charge in [0.2, 0.25) is 0 Å². The molecule has 0 radical (unpaired) electrons. The summed E-state index contributed by atoms with van der Waals surface area (Å²) in [7, 11) is 0. The quantitative estimate of drug-likeness (QED) is 0.254. The second kappa shape index (κ2) is 14.1. The molecule has 0 bridgehead atoms. The number of benzene rings is 1. The van der Waals surface area contributed by atoms with Crippen molar-refractivity contribution in [1.82, 2.24) is 4.90 Å². The number of ether oxygens (including phenoxy) is 4. The second-order valence-electron chi connectivity index (χ2n) is 8.41. The van der Waals surface area contributed by atoms with Crippen LogP contribution in [0.5, 0.6) is 5.75 Å². The minimum Gasteiger partial charge on any atom is -0.492 e. The molecule has 1 amide bonds. The minimum atomic E-state index is -7.11. The number of carboxylic acids is 1. The summed E-state index contributed by atoms with van der Waals surface area (Å²) in [5.74, 6) is -15.0. The van der Waals surface area contributed by atoms with E-state index in [0.717, 1.165) is 0 Å². The van der Waals surface area contributed by atoms with Crippen molar-refractivity contribution in [2.24, 2.45) is 0 Å². The zero-order valence-electron chi connectivity index (χ0n) is 21.5. The Hall–Kier alpha value is -2.95. The SMILES string of the molecule is CCOC(Cc1ccc(OCCN(CCOC(F)(F)C(F)(F)C(F)(F)C(F)(F)F)C(=O)OC(C)C)cc1)C(=O)O. The molecule has 8 nitrogen and oxygen atoms in total. The molecular formula is C23H28F9NO7. The predicted octanol–water partition coefficient (Wildman–Crippen LogP) is 5.39. The van der Waals surface area contributed by atoms with E-state index in [4.69, 9.17) is 19.3 Å². The summed E-state index contributed by atoms with van der Waals surface area (Å²) in [6.45, 7) is 1.35. The first-order valence-electron chi connectivity index (χ1n) is 11.6. The molecule has 17 heteroatoms. The normalized spacial score (nSPS) is 13.7. The third-order valence-electron chi connectivity index (χ3n) is 4.97. The number of rotatable bonds is 16. The number of hydrogen-bond donors (Lipinski definition) is 1. The molecule has 0 aliphatic carbocycles. The molecule has 230 valence electrons. The maximum atomic E-state index is 13.6. The standard InChI is InChI=1S/C23H28F9NO7/c1-4-37-17(18(34)35)13-15-5-7-16(8-6-15)38-11-9-33(19(36)40-14(2)3)10-12-39-23(31,32)21(26,27)20(24,25)22(28,29)30/h5-8,14,17H,4,9-13H2,1-3H3,(H,34,35). The average molecular weight is 601 g/mol. The van der Waals surface area contributed by atoms with Gasteiger partial charge in [-0.25, -0.2) is 9.59 Å². The van der Waals surface area contributed by atoms with Gasteiger partial charge in [-0.3, -0.25) is 0 Å². The molecule has 40 heavy (non-hydrogen) atoms. The molecule has 1 atom stereocenters. The van der Waals surface area contributed by atoms with E-state index in [1.807, 2.05) is 0 Å². The van der Waals surface area contributed by atoms with Crippen molar-refractivity contribution in [3.63, 3.8) is 0 Å². The van der Waals surface area contributed by atoms with Gasteiger partial charge >= 0.3 is 36.2 Å². The van der Waals surface area contributed by atoms with Gasteiger partial charge in [0.05, 0.1) is 19.3 Å². The van der Waals surface area contributed by atoms with Crippen LogP contribution in [0.2, 0.25) is 0 Å². The highest BCUT2D eigenvalue weighted by atomic mass is 19.4. The van der Waals surface area contributed by atoms with Gasteiger partial charge in [-0.15, -0.1) is 0 Å². The Bertz CT molecular complexity index is 957. The topological polar surface area (TPSA) is 94.5 Å². The number of halogens is 9. The van der Waals surface area contributed by atoms with Crippen LogP contribution in [0.15, 0.2) is 24.3 Å². The lowest BCUT2D eigenvalue weighted by Gasteiger charge is -2.33. The summed E-state index contributed by atoms with van der Waals surface area (Å²) >= 11 is 0. The second-order valence-corrected chi connectivity index (χ2v) is 8.41. The molecule has 0 spiro atoms. The molecule has 1 rings (SSSR count). The summed E-state index contributed by atoms with van der Waals surface area (Å²) < 4.78 is 135. The molecule has 0 heterocycles. The van der Waals surface area contributed by atoms with Crippen molar-refractivity contribution in [2.75, 3.05) is 32.9 Å². The van der Waals surface area contributed by atoms with E-state index in [9.17, 15) is 49.1 Å². The molecule has 1 aromatic rings. The lowest BCUT2D eigenvalue weighted by molar-refractivity contribution is -0.443. The lowest BCUT2D eigenvalue weighted by atomic mass is 10.1. The third-order valence-corrected chi connectivity index (χ3v) is 4.97. The predicted molar refractivity (Wildman–Crippen MR) is 119 cm³/mol. The molecule has 1 aromatic carbocycles. The number of carbonyl (C=O) groups is 2. The van der Waals surface area contributed by atoms with Crippen LogP contribution in [-0.2, 0) is 25.4 Å². The van der Waals surface area contributed by atoms with Crippen LogP contribution in [-0.4, -0.2) is 91.3 Å². The Balaban J connectivity index is 2.81. The van der Waals surface area contributed by atoms with Crippen LogP contribution in [0.4, 0.5) is 44.3 Å². The Morgan fingerprint density at radius 3 is 1.93 bits per heavy atom. The van der Waals surface area contributed by atoms with Gasteiger partial charge in [-0.2, -0.15) is 39.5 Å². The van der Waals surface area contributed by atoms with Crippen molar-refractivity contribution >= 4 is 12.1 Å². The highest BCUT2D eigenvalue weighted by Gasteiger charge is 2.82. The van der Waals surface area contributed by atoms with Crippen molar-refractivity contribution < 1.29 is 73.2 Å². The maximum Gasteiger partial charge on any atom is 0.460 e. The van der Waals surface area contributed by atoms with Gasteiger partial charge in [-0.05, 0) is 38.5 Å². The summed E-state index contributed by atoms with van der Waals surface area (Å²) in [6.07, 6.45) is -16.2. The average Bonchev–Trinajstić information content (AvgIpc) is 2.82. The van der Waals surface area contributed by atoms with Crippen LogP contribution in [0.25, 0.3) is 0 Å². The van der Waals surface area contributed by atoms with E-state index in [0.29, 0.717) is 10.5 Å². The Labute approximate surface area is 222 Å². The monoisotopic (exact) mass is 601 g/mol. The van der Waals surface area contributed by atoms with Gasteiger partial charge in [0.15, 0.2) is 6.10 Å². The number of hydrogen-bond acceptors (Lipinski definition) is 6. The van der Waals surface area contributed by atoms with E-state index >= 15 is 0 Å². The van der Waals surface area contributed by atoms with E-state index in [2.05, 4.69) is 4.74 Å². The Morgan fingerprint density at radius 2 is 1.45 bits per heavy atom. The van der Waals surface area contributed by atoms with E-state index in [-0.39, 0.29) is 25.4 Å². The fourth-order valence-corrected chi connectivity index (χ4v) is 2.93. The molecule has 0 fully saturated rings. The molecule has 0 aliphatic heterocycles. The molecule has 0 saturated carbocycles. The summed E-state index contributed by atoms with van der Waals surface area (Å²) in [4.78, 5) is 24.0. The van der Waals surface area contributed by atoms with Gasteiger partial charge in [0.25, 0.3) is 0 Å². The van der Waals surface area contributed by atoms with E-state index in [1.54, 1.807) is 6.92 Å². The fourth-order valence-electron chi connectivity index (χ4n) is 2.93. The molecular weight excluding hydrogens is 573 g/mol. The zero-order chi connectivity index (χ0) is 30.9. The molecule has 0 aromatic heterocycles. The van der Waals surface area contributed by atoms with Crippen LogP contribution in [0, 0.1) is 0 Å². The maximum absolute atomic E-state index is 13.6. The van der Waals surface area contributed by atoms with Crippen LogP contribution < -0.4 is 4.74 Å². The zero-order valence-corrected chi connectivity index (χ0v) is 21.5. The largest absolute Gasteiger partial charge is 0.492 e. The van der Waals surface area contributed by atoms with Crippen LogP contribution in [0.1, 0.15) is 26.3 Å². The van der Waals surface area contributed by atoms with Crippen molar-refractivity contribution in [3.05, 3.63) is 29.8 Å². The van der Waals surface area contributed by atoms with Crippen molar-refractivity contribution in [2.45, 2.75) is 63.5 Å². The van der Waals surface area contributed by atoms with Gasteiger partial charge in [-0.1, -0.05) is 12.1 Å². The smallest absolute Gasteiger partial charge is 0.460 e. The summed E-state index contributed by atoms with van der Waals surface area (Å²) in [5, 5.41) is 9.14. The summed E-state index contributed by atoms with van der Waals surface area (Å²) in [6, 6.07) is 5.96. The molecule has 1 N–H and O–H groups in total. The first-order chi connectivity index (χ1) is 18.3. The number of alkyl halides is 9. The number of carbonyl (C=O) groups excluding carboxylic acids is 1. The third kappa shape index (κ3) is 9.31. The van der Waals surface area contributed by atoms with Crippen LogP contribution >= 0.6 is 0 Å². The number of aliphatic carboxylic acids is 1. The van der Waals surface area contributed by atoms with Crippen LogP contribution in [0.3, 0.4) is 0 Å².